The maximum Gasteiger partial charge on any atom is 0.302 e. The Morgan fingerprint density at radius 3 is 2.59 bits per heavy atom. The van der Waals surface area contributed by atoms with E-state index < -0.39 is 0 Å². The minimum absolute atomic E-state index is 0.0127. The third kappa shape index (κ3) is 3.05. The molecular weight excluding hydrogens is 424 g/mol. The standard InChI is InChI=1S/C30H44O4/c1-17-8-11-30(33-16-17)15-20-12-25-23-7-6-21-13-22(34-19(3)31)9-10-28(21,4)24(23)14-26(32)29(25,5)27(20)18(30)2/h14,17-18,20-23,25,27H,6-13,15-16H2,1-5H3/t17-,18+,20-,21+,22+,23-,25+,27+,28+,29-,30-/m1/s1. The Morgan fingerprint density at radius 1 is 1.09 bits per heavy atom. The predicted octanol–water partition coefficient (Wildman–Crippen LogP) is 6.13. The Kier molecular flexibility index (Phi) is 5.24. The Hall–Kier alpha value is -1.16. The summed E-state index contributed by atoms with van der Waals surface area (Å²) in [6, 6.07) is 0. The van der Waals surface area contributed by atoms with Crippen LogP contribution in [0, 0.1) is 52.3 Å². The van der Waals surface area contributed by atoms with Gasteiger partial charge in [-0.2, -0.15) is 0 Å². The summed E-state index contributed by atoms with van der Waals surface area (Å²) in [5.41, 5.74) is 1.33. The Balaban J connectivity index is 1.29. The lowest BCUT2D eigenvalue weighted by molar-refractivity contribution is -0.151. The lowest BCUT2D eigenvalue weighted by Crippen LogP contribution is -2.53. The molecule has 0 aromatic carbocycles. The van der Waals surface area contributed by atoms with Gasteiger partial charge in [0, 0.05) is 18.9 Å². The van der Waals surface area contributed by atoms with Crippen LogP contribution in [0.3, 0.4) is 0 Å². The molecule has 1 aliphatic heterocycles. The molecule has 4 saturated carbocycles. The first kappa shape index (κ1) is 23.3. The quantitative estimate of drug-likeness (QED) is 0.435. The molecule has 5 aliphatic carbocycles. The first-order valence-corrected chi connectivity index (χ1v) is 14.2. The molecule has 6 aliphatic rings. The van der Waals surface area contributed by atoms with Crippen molar-refractivity contribution in [2.45, 2.75) is 104 Å². The van der Waals surface area contributed by atoms with E-state index in [1.165, 1.54) is 44.6 Å². The SMILES string of the molecule is CC(=O)O[C@H]1CC[C@]2(C)C3=CC(=O)[C@]4(C)[C@@H]5[C@H](C[C@H]4[C@@H]3CC[C@H]2C1)C[C@]1(CC[C@@H](C)CO1)[C@H]5C. The molecule has 5 fully saturated rings. The van der Waals surface area contributed by atoms with Gasteiger partial charge in [-0.1, -0.05) is 33.3 Å². The average molecular weight is 469 g/mol. The van der Waals surface area contributed by atoms with Crippen molar-refractivity contribution in [3.63, 3.8) is 0 Å². The van der Waals surface area contributed by atoms with E-state index in [0.717, 1.165) is 32.3 Å². The van der Waals surface area contributed by atoms with E-state index in [9.17, 15) is 9.59 Å². The average Bonchev–Trinajstić information content (AvgIpc) is 3.23. The maximum atomic E-state index is 14.1. The van der Waals surface area contributed by atoms with Crippen LogP contribution in [0.4, 0.5) is 0 Å². The number of fused-ring (bicyclic) bond motifs is 7. The van der Waals surface area contributed by atoms with Crippen LogP contribution < -0.4 is 0 Å². The van der Waals surface area contributed by atoms with E-state index in [1.807, 2.05) is 0 Å². The van der Waals surface area contributed by atoms with Crippen molar-refractivity contribution in [1.82, 2.24) is 0 Å². The van der Waals surface area contributed by atoms with Crippen molar-refractivity contribution in [3.8, 4) is 0 Å². The fourth-order valence-corrected chi connectivity index (χ4v) is 10.4. The molecule has 6 rings (SSSR count). The summed E-state index contributed by atoms with van der Waals surface area (Å²) < 4.78 is 12.2. The molecule has 0 radical (unpaired) electrons. The molecular formula is C30H44O4. The molecule has 0 amide bonds. The van der Waals surface area contributed by atoms with Crippen LogP contribution in [-0.2, 0) is 19.1 Å². The summed E-state index contributed by atoms with van der Waals surface area (Å²) in [5.74, 6) is 4.02. The van der Waals surface area contributed by atoms with Gasteiger partial charge < -0.3 is 9.47 Å². The van der Waals surface area contributed by atoms with E-state index in [1.54, 1.807) is 0 Å². The van der Waals surface area contributed by atoms with Gasteiger partial charge in [-0.3, -0.25) is 9.59 Å². The first-order chi connectivity index (χ1) is 16.1. The van der Waals surface area contributed by atoms with Crippen LogP contribution in [0.15, 0.2) is 11.6 Å². The van der Waals surface area contributed by atoms with E-state index in [2.05, 4.69) is 33.8 Å². The number of hydrogen-bond donors (Lipinski definition) is 0. The second kappa shape index (κ2) is 7.67. The van der Waals surface area contributed by atoms with Crippen LogP contribution in [0.5, 0.6) is 0 Å². The zero-order chi connectivity index (χ0) is 24.0. The van der Waals surface area contributed by atoms with Crippen molar-refractivity contribution in [2.24, 2.45) is 52.3 Å². The monoisotopic (exact) mass is 468 g/mol. The van der Waals surface area contributed by atoms with E-state index in [4.69, 9.17) is 9.47 Å². The smallest absolute Gasteiger partial charge is 0.302 e. The maximum absolute atomic E-state index is 14.1. The molecule has 1 heterocycles. The number of carbonyl (C=O) groups excluding carboxylic acids is 2. The highest BCUT2D eigenvalue weighted by molar-refractivity contribution is 5.97. The molecule has 0 bridgehead atoms. The second-order valence-corrected chi connectivity index (χ2v) is 13.7. The Bertz CT molecular complexity index is 913. The number of carbonyl (C=O) groups is 2. The molecule has 1 spiro atoms. The van der Waals surface area contributed by atoms with Crippen LogP contribution in [0.25, 0.3) is 0 Å². The molecule has 4 heteroatoms. The Morgan fingerprint density at radius 2 is 1.88 bits per heavy atom. The molecule has 34 heavy (non-hydrogen) atoms. The van der Waals surface area contributed by atoms with Gasteiger partial charge in [0.25, 0.3) is 0 Å². The fraction of sp³-hybridized carbons (Fsp3) is 0.867. The highest BCUT2D eigenvalue weighted by Gasteiger charge is 2.69. The van der Waals surface area contributed by atoms with Gasteiger partial charge in [0.1, 0.15) is 6.10 Å². The highest BCUT2D eigenvalue weighted by Crippen LogP contribution is 2.71. The summed E-state index contributed by atoms with van der Waals surface area (Å²) in [6.07, 6.45) is 12.3. The molecule has 0 N–H and O–H groups in total. The number of rotatable bonds is 1. The van der Waals surface area contributed by atoms with Gasteiger partial charge >= 0.3 is 5.97 Å². The van der Waals surface area contributed by atoms with Crippen LogP contribution in [0.2, 0.25) is 0 Å². The van der Waals surface area contributed by atoms with Crippen LogP contribution in [0.1, 0.15) is 92.4 Å². The summed E-state index contributed by atoms with van der Waals surface area (Å²) in [4.78, 5) is 25.6. The summed E-state index contributed by atoms with van der Waals surface area (Å²) in [6.45, 7) is 11.9. The van der Waals surface area contributed by atoms with Gasteiger partial charge in [-0.05, 0) is 111 Å². The third-order valence-corrected chi connectivity index (χ3v) is 12.2. The lowest BCUT2D eigenvalue weighted by atomic mass is 9.48. The summed E-state index contributed by atoms with van der Waals surface area (Å²) >= 11 is 0. The number of ether oxygens (including phenoxy) is 2. The van der Waals surface area contributed by atoms with Crippen molar-refractivity contribution in [3.05, 3.63) is 11.6 Å². The number of allylic oxidation sites excluding steroid dienone is 2. The molecule has 4 nitrogen and oxygen atoms in total. The second-order valence-electron chi connectivity index (χ2n) is 13.7. The first-order valence-electron chi connectivity index (χ1n) is 14.2. The van der Waals surface area contributed by atoms with E-state index >= 15 is 0 Å². The summed E-state index contributed by atoms with van der Waals surface area (Å²) in [7, 11) is 0. The largest absolute Gasteiger partial charge is 0.463 e. The van der Waals surface area contributed by atoms with Crippen LogP contribution in [-0.4, -0.2) is 30.1 Å². The minimum atomic E-state index is -0.230. The molecule has 188 valence electrons. The zero-order valence-corrected chi connectivity index (χ0v) is 21.9. The third-order valence-electron chi connectivity index (χ3n) is 12.2. The van der Waals surface area contributed by atoms with Gasteiger partial charge in [-0.15, -0.1) is 0 Å². The van der Waals surface area contributed by atoms with Crippen molar-refractivity contribution in [1.29, 1.82) is 0 Å². The fourth-order valence-electron chi connectivity index (χ4n) is 10.4. The van der Waals surface area contributed by atoms with Crippen molar-refractivity contribution >= 4 is 11.8 Å². The molecule has 0 aromatic rings. The van der Waals surface area contributed by atoms with Gasteiger partial charge in [0.15, 0.2) is 5.78 Å². The predicted molar refractivity (Wildman–Crippen MR) is 131 cm³/mol. The number of esters is 1. The Labute approximate surface area is 205 Å². The zero-order valence-electron chi connectivity index (χ0n) is 21.9. The molecule has 11 atom stereocenters. The van der Waals surface area contributed by atoms with Gasteiger partial charge in [0.2, 0.25) is 0 Å². The van der Waals surface area contributed by atoms with E-state index in [-0.39, 0.29) is 28.5 Å². The number of hydrogen-bond acceptors (Lipinski definition) is 4. The molecule has 0 unspecified atom stereocenters. The number of ketones is 1. The van der Waals surface area contributed by atoms with Gasteiger partial charge in [-0.25, -0.2) is 0 Å². The van der Waals surface area contributed by atoms with Crippen molar-refractivity contribution < 1.29 is 19.1 Å². The van der Waals surface area contributed by atoms with E-state index in [0.29, 0.717) is 47.2 Å². The summed E-state index contributed by atoms with van der Waals surface area (Å²) in [5, 5.41) is 0. The van der Waals surface area contributed by atoms with Crippen molar-refractivity contribution in [2.75, 3.05) is 6.61 Å². The van der Waals surface area contributed by atoms with Crippen LogP contribution >= 0.6 is 0 Å². The lowest BCUT2D eigenvalue weighted by Gasteiger charge is -2.56. The molecule has 0 aromatic heterocycles. The normalized spacial score (nSPS) is 54.0. The van der Waals surface area contributed by atoms with Gasteiger partial charge in [0.05, 0.1) is 5.60 Å². The molecule has 1 saturated heterocycles. The topological polar surface area (TPSA) is 52.6 Å². The highest BCUT2D eigenvalue weighted by atomic mass is 16.5. The minimum Gasteiger partial charge on any atom is -0.463 e.